The van der Waals surface area contributed by atoms with Crippen LogP contribution in [0.3, 0.4) is 0 Å². The number of hydrogen-bond donors (Lipinski definition) is 2. The molecule has 0 bridgehead atoms. The van der Waals surface area contributed by atoms with Gasteiger partial charge in [0.05, 0.1) is 52.9 Å². The zero-order valence-corrected chi connectivity index (χ0v) is 26.7. The highest BCUT2D eigenvalue weighted by Crippen LogP contribution is 2.09. The van der Waals surface area contributed by atoms with Crippen molar-refractivity contribution in [2.45, 2.75) is 38.5 Å². The summed E-state index contributed by atoms with van der Waals surface area (Å²) in [5.41, 5.74) is 3.79. The summed E-state index contributed by atoms with van der Waals surface area (Å²) in [6.45, 7) is 1.31. The standard InChI is InChI=1S/C36H42N4O8/c37-39(33(25-43-21-29-13-5-1-6-14-29)26-44-22-30-15-7-2-8-16-30)47-35(41)36(42)48-40(38)34(27-45-23-31-17-9-3-10-18-31)28-46-24-32-19-11-4-12-20-32/h1-20,33-34H,21-28,37-38H2. The molecule has 0 aromatic heterocycles. The summed E-state index contributed by atoms with van der Waals surface area (Å²) in [6.07, 6.45) is 0. The number of hydrogen-bond acceptors (Lipinski definition) is 12. The molecule has 48 heavy (non-hydrogen) atoms. The Kier molecular flexibility index (Phi) is 15.7. The van der Waals surface area contributed by atoms with Crippen LogP contribution in [0, 0.1) is 0 Å². The van der Waals surface area contributed by atoms with E-state index in [1.807, 2.05) is 121 Å². The first-order valence-corrected chi connectivity index (χ1v) is 15.5. The molecule has 0 spiro atoms. The maximum absolute atomic E-state index is 12.8. The van der Waals surface area contributed by atoms with Gasteiger partial charge in [0.25, 0.3) is 0 Å². The normalized spacial score (nSPS) is 11.4. The second-order valence-electron chi connectivity index (χ2n) is 10.8. The fourth-order valence-electron chi connectivity index (χ4n) is 4.35. The van der Waals surface area contributed by atoms with Crippen LogP contribution >= 0.6 is 0 Å². The maximum Gasteiger partial charge on any atom is 0.439 e. The Bertz CT molecular complexity index is 1260. The van der Waals surface area contributed by atoms with Gasteiger partial charge in [0.1, 0.15) is 12.1 Å². The van der Waals surface area contributed by atoms with Gasteiger partial charge in [-0.25, -0.2) is 21.3 Å². The Morgan fingerprint density at radius 3 is 0.896 bits per heavy atom. The number of hydroxylamine groups is 2. The first-order valence-electron chi connectivity index (χ1n) is 15.5. The minimum Gasteiger partial charge on any atom is -0.375 e. The third kappa shape index (κ3) is 13.3. The number of carbonyl (C=O) groups excluding carboxylic acids is 2. The average Bonchev–Trinajstić information content (AvgIpc) is 3.12. The number of nitrogens with two attached hydrogens (primary N) is 2. The van der Waals surface area contributed by atoms with Gasteiger partial charge in [-0.2, -0.15) is 0 Å². The van der Waals surface area contributed by atoms with Gasteiger partial charge < -0.3 is 28.6 Å². The molecule has 4 rings (SSSR count). The van der Waals surface area contributed by atoms with Crippen LogP contribution in [0.5, 0.6) is 0 Å². The Hall–Kier alpha value is -4.50. The van der Waals surface area contributed by atoms with Gasteiger partial charge >= 0.3 is 11.9 Å². The minimum atomic E-state index is -1.39. The predicted octanol–water partition coefficient (Wildman–Crippen LogP) is 3.86. The first kappa shape index (κ1) is 36.3. The molecule has 4 aromatic carbocycles. The molecule has 0 unspecified atom stereocenters. The Morgan fingerprint density at radius 1 is 0.438 bits per heavy atom. The van der Waals surface area contributed by atoms with E-state index in [0.29, 0.717) is 26.4 Å². The molecule has 0 atom stereocenters. The zero-order valence-electron chi connectivity index (χ0n) is 26.7. The SMILES string of the molecule is NN(OC(=O)C(=O)ON(N)C(COCc1ccccc1)COCc1ccccc1)C(COCc1ccccc1)COCc1ccccc1. The molecule has 4 N–H and O–H groups in total. The van der Waals surface area contributed by atoms with Crippen LogP contribution in [0.15, 0.2) is 121 Å². The van der Waals surface area contributed by atoms with E-state index in [0.717, 1.165) is 32.6 Å². The lowest BCUT2D eigenvalue weighted by atomic mass is 10.2. The molecule has 0 amide bonds. The van der Waals surface area contributed by atoms with Crippen molar-refractivity contribution >= 4 is 11.9 Å². The van der Waals surface area contributed by atoms with Crippen molar-refractivity contribution in [3.63, 3.8) is 0 Å². The summed E-state index contributed by atoms with van der Waals surface area (Å²) < 4.78 is 23.3. The largest absolute Gasteiger partial charge is 0.439 e. The van der Waals surface area contributed by atoms with Gasteiger partial charge in [0.15, 0.2) is 0 Å². The van der Waals surface area contributed by atoms with Crippen molar-refractivity contribution in [2.24, 2.45) is 11.7 Å². The van der Waals surface area contributed by atoms with Crippen molar-refractivity contribution in [3.05, 3.63) is 144 Å². The Balaban J connectivity index is 1.30. The summed E-state index contributed by atoms with van der Waals surface area (Å²) in [5.74, 6) is 9.39. The zero-order chi connectivity index (χ0) is 33.8. The minimum absolute atomic E-state index is 0.0328. The molecule has 0 aliphatic carbocycles. The van der Waals surface area contributed by atoms with Crippen molar-refractivity contribution < 1.29 is 38.2 Å². The Labute approximate surface area is 280 Å². The van der Waals surface area contributed by atoms with Crippen molar-refractivity contribution in [1.29, 1.82) is 0 Å². The van der Waals surface area contributed by atoms with E-state index in [-0.39, 0.29) is 26.4 Å². The smallest absolute Gasteiger partial charge is 0.375 e. The van der Waals surface area contributed by atoms with Gasteiger partial charge in [-0.1, -0.05) is 132 Å². The van der Waals surface area contributed by atoms with Gasteiger partial charge in [0, 0.05) is 0 Å². The van der Waals surface area contributed by atoms with E-state index in [4.69, 9.17) is 40.3 Å². The third-order valence-corrected chi connectivity index (χ3v) is 6.95. The summed E-state index contributed by atoms with van der Waals surface area (Å²) >= 11 is 0. The molecule has 0 saturated heterocycles. The van der Waals surface area contributed by atoms with Crippen LogP contribution in [0.4, 0.5) is 0 Å². The molecule has 0 fully saturated rings. The van der Waals surface area contributed by atoms with Crippen LogP contribution < -0.4 is 11.7 Å². The van der Waals surface area contributed by atoms with E-state index in [1.165, 1.54) is 0 Å². The van der Waals surface area contributed by atoms with Gasteiger partial charge in [0.2, 0.25) is 0 Å². The highest BCUT2D eigenvalue weighted by Gasteiger charge is 2.29. The molecular weight excluding hydrogens is 616 g/mol. The second kappa shape index (κ2) is 20.7. The van der Waals surface area contributed by atoms with Crippen LogP contribution in [0.1, 0.15) is 22.3 Å². The molecule has 12 heteroatoms. The van der Waals surface area contributed by atoms with Crippen LogP contribution in [-0.2, 0) is 64.6 Å². The molecule has 4 aromatic rings. The maximum atomic E-state index is 12.8. The molecule has 254 valence electrons. The summed E-state index contributed by atoms with van der Waals surface area (Å²) in [4.78, 5) is 35.8. The molecule has 0 heterocycles. The second-order valence-corrected chi connectivity index (χ2v) is 10.8. The lowest BCUT2D eigenvalue weighted by Crippen LogP contribution is -2.51. The molecule has 0 aliphatic heterocycles. The number of hydrazine groups is 2. The molecule has 12 nitrogen and oxygen atoms in total. The molecular formula is C36H42N4O8. The first-order chi connectivity index (χ1) is 23.5. The van der Waals surface area contributed by atoms with E-state index in [2.05, 4.69) is 0 Å². The third-order valence-electron chi connectivity index (χ3n) is 6.95. The summed E-state index contributed by atoms with van der Waals surface area (Å²) in [6, 6.07) is 36.7. The molecule has 0 radical (unpaired) electrons. The fourth-order valence-corrected chi connectivity index (χ4v) is 4.35. The van der Waals surface area contributed by atoms with E-state index < -0.39 is 24.0 Å². The molecule has 0 aliphatic rings. The Morgan fingerprint density at radius 2 is 0.667 bits per heavy atom. The summed E-state index contributed by atoms with van der Waals surface area (Å²) in [7, 11) is 0. The van der Waals surface area contributed by atoms with Gasteiger partial charge in [-0.3, -0.25) is 0 Å². The highest BCUT2D eigenvalue weighted by molar-refractivity contribution is 6.29. The monoisotopic (exact) mass is 658 g/mol. The average molecular weight is 659 g/mol. The van der Waals surface area contributed by atoms with Crippen LogP contribution in [0.2, 0.25) is 0 Å². The number of rotatable bonds is 20. The van der Waals surface area contributed by atoms with E-state index in [1.54, 1.807) is 0 Å². The molecule has 0 saturated carbocycles. The lowest BCUT2D eigenvalue weighted by Gasteiger charge is -2.27. The van der Waals surface area contributed by atoms with E-state index in [9.17, 15) is 9.59 Å². The number of nitrogens with zero attached hydrogens (tertiary/aromatic N) is 2. The van der Waals surface area contributed by atoms with E-state index >= 15 is 0 Å². The number of ether oxygens (including phenoxy) is 4. The number of benzene rings is 4. The van der Waals surface area contributed by atoms with Crippen molar-refractivity contribution in [2.75, 3.05) is 26.4 Å². The highest BCUT2D eigenvalue weighted by atomic mass is 16.8. The van der Waals surface area contributed by atoms with Crippen LogP contribution in [-0.4, -0.2) is 60.8 Å². The number of carbonyl (C=O) groups is 2. The quantitative estimate of drug-likeness (QED) is 0.0807. The van der Waals surface area contributed by atoms with Crippen LogP contribution in [0.25, 0.3) is 0 Å². The van der Waals surface area contributed by atoms with Crippen molar-refractivity contribution in [1.82, 2.24) is 10.3 Å². The van der Waals surface area contributed by atoms with Gasteiger partial charge in [-0.15, -0.1) is 0 Å². The van der Waals surface area contributed by atoms with Gasteiger partial charge in [-0.05, 0) is 22.3 Å². The van der Waals surface area contributed by atoms with Crippen molar-refractivity contribution in [3.8, 4) is 0 Å². The predicted molar refractivity (Wildman–Crippen MR) is 176 cm³/mol. The summed E-state index contributed by atoms with van der Waals surface area (Å²) in [5, 5.41) is 1.45. The topological polar surface area (TPSA) is 148 Å². The lowest BCUT2D eigenvalue weighted by molar-refractivity contribution is -0.240. The fraction of sp³-hybridized carbons (Fsp3) is 0.278.